The van der Waals surface area contributed by atoms with Gasteiger partial charge >= 0.3 is 0 Å². The van der Waals surface area contributed by atoms with Gasteiger partial charge in [0, 0.05) is 0 Å². The molecule has 88 valence electrons. The molecule has 1 rings (SSSR count). The van der Waals surface area contributed by atoms with Gasteiger partial charge in [-0.2, -0.15) is 0 Å². The number of carbonyl (C=O) groups is 1. The predicted molar refractivity (Wildman–Crippen MR) is 63.4 cm³/mol. The Bertz CT molecular complexity index is 350. The topological polar surface area (TPSA) is 35.5 Å². The van der Waals surface area contributed by atoms with E-state index in [4.69, 9.17) is 21.1 Å². The third kappa shape index (κ3) is 3.83. The average molecular weight is 243 g/mol. The number of hydrogen-bond donors (Lipinski definition) is 0. The highest BCUT2D eigenvalue weighted by Crippen LogP contribution is 2.27. The zero-order valence-corrected chi connectivity index (χ0v) is 10.2. The largest absolute Gasteiger partial charge is 0.489 e. The average Bonchev–Trinajstić information content (AvgIpc) is 2.25. The van der Waals surface area contributed by atoms with Crippen LogP contribution in [0.25, 0.3) is 0 Å². The van der Waals surface area contributed by atoms with Crippen molar-refractivity contribution < 1.29 is 14.3 Å². The molecular weight excluding hydrogens is 228 g/mol. The number of hydrogen-bond acceptors (Lipinski definition) is 3. The number of para-hydroxylation sites is 1. The van der Waals surface area contributed by atoms with Crippen molar-refractivity contribution in [1.29, 1.82) is 0 Å². The van der Waals surface area contributed by atoms with Crippen molar-refractivity contribution in [3.05, 3.63) is 28.8 Å². The highest BCUT2D eigenvalue weighted by molar-refractivity contribution is 6.32. The molecule has 0 atom stereocenters. The molecule has 0 bridgehead atoms. The number of halogens is 1. The Balaban J connectivity index is 2.55. The SMILES string of the molecule is CC(C)OCCOc1c(Cl)cccc1C=O. The molecule has 0 aliphatic rings. The molecule has 0 saturated carbocycles. The molecule has 1 aromatic carbocycles. The lowest BCUT2D eigenvalue weighted by atomic mass is 10.2. The molecule has 0 unspecified atom stereocenters. The first-order valence-corrected chi connectivity index (χ1v) is 5.51. The Hall–Kier alpha value is -1.06. The minimum absolute atomic E-state index is 0.167. The Labute approximate surface area is 100 Å². The zero-order chi connectivity index (χ0) is 12.0. The van der Waals surface area contributed by atoms with Crippen LogP contribution < -0.4 is 4.74 Å². The molecule has 4 heteroatoms. The van der Waals surface area contributed by atoms with E-state index < -0.39 is 0 Å². The molecule has 0 radical (unpaired) electrons. The van der Waals surface area contributed by atoms with E-state index in [1.54, 1.807) is 18.2 Å². The van der Waals surface area contributed by atoms with Crippen LogP contribution in [0.2, 0.25) is 5.02 Å². The van der Waals surface area contributed by atoms with Crippen molar-refractivity contribution in [3.8, 4) is 5.75 Å². The zero-order valence-electron chi connectivity index (χ0n) is 9.40. The van der Waals surface area contributed by atoms with Crippen LogP contribution in [-0.4, -0.2) is 25.6 Å². The summed E-state index contributed by atoms with van der Waals surface area (Å²) in [5.74, 6) is 0.423. The van der Waals surface area contributed by atoms with Crippen molar-refractivity contribution in [1.82, 2.24) is 0 Å². The summed E-state index contributed by atoms with van der Waals surface area (Å²) in [6, 6.07) is 5.06. The molecule has 0 heterocycles. The molecule has 16 heavy (non-hydrogen) atoms. The van der Waals surface area contributed by atoms with Crippen LogP contribution >= 0.6 is 11.6 Å². The maximum absolute atomic E-state index is 10.8. The maximum Gasteiger partial charge on any atom is 0.153 e. The van der Waals surface area contributed by atoms with Crippen molar-refractivity contribution in [3.63, 3.8) is 0 Å². The quantitative estimate of drug-likeness (QED) is 0.568. The monoisotopic (exact) mass is 242 g/mol. The van der Waals surface area contributed by atoms with E-state index in [-0.39, 0.29) is 6.10 Å². The fraction of sp³-hybridized carbons (Fsp3) is 0.417. The summed E-state index contributed by atoms with van der Waals surface area (Å²) in [5, 5.41) is 0.439. The van der Waals surface area contributed by atoms with Gasteiger partial charge in [0.05, 0.1) is 23.3 Å². The summed E-state index contributed by atoms with van der Waals surface area (Å²) in [4.78, 5) is 10.8. The molecule has 0 saturated heterocycles. The van der Waals surface area contributed by atoms with E-state index in [9.17, 15) is 4.79 Å². The highest BCUT2D eigenvalue weighted by atomic mass is 35.5. The second kappa shape index (κ2) is 6.51. The number of benzene rings is 1. The molecule has 0 fully saturated rings. The second-order valence-corrected chi connectivity index (χ2v) is 3.95. The Morgan fingerprint density at radius 1 is 1.38 bits per heavy atom. The summed E-state index contributed by atoms with van der Waals surface area (Å²) >= 11 is 5.92. The highest BCUT2D eigenvalue weighted by Gasteiger charge is 2.07. The van der Waals surface area contributed by atoms with Gasteiger partial charge in [-0.05, 0) is 26.0 Å². The first kappa shape index (κ1) is 13.0. The van der Waals surface area contributed by atoms with E-state index >= 15 is 0 Å². The number of ether oxygens (including phenoxy) is 2. The standard InChI is InChI=1S/C12H15ClO3/c1-9(2)15-6-7-16-12-10(8-14)4-3-5-11(12)13/h3-5,8-9H,6-7H2,1-2H3. The number of rotatable bonds is 6. The van der Waals surface area contributed by atoms with Gasteiger partial charge in [-0.25, -0.2) is 0 Å². The lowest BCUT2D eigenvalue weighted by molar-refractivity contribution is 0.0550. The molecule has 3 nitrogen and oxygen atoms in total. The van der Waals surface area contributed by atoms with Crippen molar-refractivity contribution in [2.24, 2.45) is 0 Å². The summed E-state index contributed by atoms with van der Waals surface area (Å²) in [6.07, 6.45) is 0.894. The number of carbonyl (C=O) groups excluding carboxylic acids is 1. The van der Waals surface area contributed by atoms with Gasteiger partial charge in [-0.3, -0.25) is 4.79 Å². The van der Waals surface area contributed by atoms with Crippen LogP contribution in [0.4, 0.5) is 0 Å². The summed E-state index contributed by atoms with van der Waals surface area (Å²) < 4.78 is 10.7. The summed E-state index contributed by atoms with van der Waals surface area (Å²) in [6.45, 7) is 4.75. The molecule has 0 aliphatic heterocycles. The predicted octanol–water partition coefficient (Wildman–Crippen LogP) is 2.96. The fourth-order valence-electron chi connectivity index (χ4n) is 1.20. The minimum Gasteiger partial charge on any atom is -0.489 e. The van der Waals surface area contributed by atoms with E-state index in [1.165, 1.54) is 0 Å². The van der Waals surface area contributed by atoms with Crippen LogP contribution in [0.15, 0.2) is 18.2 Å². The normalized spacial score (nSPS) is 10.5. The van der Waals surface area contributed by atoms with Crippen LogP contribution in [0.5, 0.6) is 5.75 Å². The van der Waals surface area contributed by atoms with E-state index in [2.05, 4.69) is 0 Å². The molecular formula is C12H15ClO3. The van der Waals surface area contributed by atoms with E-state index in [0.717, 1.165) is 6.29 Å². The van der Waals surface area contributed by atoms with Gasteiger partial charge < -0.3 is 9.47 Å². The minimum atomic E-state index is 0.167. The van der Waals surface area contributed by atoms with Gasteiger partial charge in [0.15, 0.2) is 6.29 Å². The van der Waals surface area contributed by atoms with E-state index in [1.807, 2.05) is 13.8 Å². The van der Waals surface area contributed by atoms with Gasteiger partial charge in [0.25, 0.3) is 0 Å². The first-order valence-electron chi connectivity index (χ1n) is 5.13. The molecule has 0 N–H and O–H groups in total. The molecule has 0 spiro atoms. The fourth-order valence-corrected chi connectivity index (χ4v) is 1.43. The molecule has 1 aromatic rings. The van der Waals surface area contributed by atoms with Crippen LogP contribution in [0, 0.1) is 0 Å². The van der Waals surface area contributed by atoms with Gasteiger partial charge in [-0.15, -0.1) is 0 Å². The van der Waals surface area contributed by atoms with Crippen molar-refractivity contribution in [2.75, 3.05) is 13.2 Å². The van der Waals surface area contributed by atoms with Crippen LogP contribution in [0.1, 0.15) is 24.2 Å². The van der Waals surface area contributed by atoms with Gasteiger partial charge in [0.2, 0.25) is 0 Å². The Kier molecular flexibility index (Phi) is 5.29. The van der Waals surface area contributed by atoms with Crippen molar-refractivity contribution >= 4 is 17.9 Å². The van der Waals surface area contributed by atoms with Gasteiger partial charge in [0.1, 0.15) is 12.4 Å². The molecule has 0 aromatic heterocycles. The first-order chi connectivity index (χ1) is 7.65. The molecule has 0 aliphatic carbocycles. The Morgan fingerprint density at radius 2 is 2.12 bits per heavy atom. The smallest absolute Gasteiger partial charge is 0.153 e. The van der Waals surface area contributed by atoms with Gasteiger partial charge in [-0.1, -0.05) is 17.7 Å². The number of aldehydes is 1. The third-order valence-electron chi connectivity index (χ3n) is 1.91. The second-order valence-electron chi connectivity index (χ2n) is 3.54. The maximum atomic E-state index is 10.8. The van der Waals surface area contributed by atoms with Crippen molar-refractivity contribution in [2.45, 2.75) is 20.0 Å². The summed E-state index contributed by atoms with van der Waals surface area (Å²) in [5.41, 5.74) is 0.456. The third-order valence-corrected chi connectivity index (χ3v) is 2.20. The summed E-state index contributed by atoms with van der Waals surface area (Å²) in [7, 11) is 0. The van der Waals surface area contributed by atoms with Crippen LogP contribution in [0.3, 0.4) is 0 Å². The molecule has 0 amide bonds. The van der Waals surface area contributed by atoms with E-state index in [0.29, 0.717) is 29.5 Å². The Morgan fingerprint density at radius 3 is 2.75 bits per heavy atom. The van der Waals surface area contributed by atoms with Crippen LogP contribution in [-0.2, 0) is 4.74 Å². The lowest BCUT2D eigenvalue weighted by Crippen LogP contribution is -2.12. The lowest BCUT2D eigenvalue weighted by Gasteiger charge is -2.11.